The smallest absolute Gasteiger partial charge is 0.119 e. The Labute approximate surface area is 107 Å². The van der Waals surface area contributed by atoms with Gasteiger partial charge in [0.15, 0.2) is 0 Å². The van der Waals surface area contributed by atoms with Gasteiger partial charge in [-0.1, -0.05) is 17.6 Å². The van der Waals surface area contributed by atoms with E-state index in [-0.39, 0.29) is 12.6 Å². The third-order valence-electron chi connectivity index (χ3n) is 2.91. The van der Waals surface area contributed by atoms with E-state index in [0.29, 0.717) is 0 Å². The molecule has 0 aliphatic carbocycles. The van der Waals surface area contributed by atoms with Crippen LogP contribution in [0.25, 0.3) is 10.4 Å². The van der Waals surface area contributed by atoms with Crippen molar-refractivity contribution in [1.82, 2.24) is 0 Å². The molecule has 1 aromatic carbocycles. The van der Waals surface area contributed by atoms with Gasteiger partial charge in [0.2, 0.25) is 0 Å². The largest absolute Gasteiger partial charge is 0.497 e. The fraction of sp³-hybridized carbons (Fsp3) is 0.538. The summed E-state index contributed by atoms with van der Waals surface area (Å²) >= 11 is 0. The summed E-state index contributed by atoms with van der Waals surface area (Å²) in [5, 5.41) is 12.6. The van der Waals surface area contributed by atoms with Gasteiger partial charge in [-0.25, -0.2) is 0 Å². The Balaban J connectivity index is 2.87. The fourth-order valence-electron chi connectivity index (χ4n) is 1.94. The molecule has 1 atom stereocenters. The van der Waals surface area contributed by atoms with Gasteiger partial charge in [-0.15, -0.1) is 0 Å². The number of methoxy groups -OCH3 is 1. The zero-order valence-electron chi connectivity index (χ0n) is 10.8. The number of benzene rings is 1. The minimum Gasteiger partial charge on any atom is -0.497 e. The van der Waals surface area contributed by atoms with E-state index in [1.165, 1.54) is 0 Å². The quantitative estimate of drug-likeness (QED) is 0.347. The van der Waals surface area contributed by atoms with Crippen LogP contribution < -0.4 is 4.74 Å². The van der Waals surface area contributed by atoms with E-state index in [1.54, 1.807) is 7.11 Å². The standard InChI is InChI=1S/C13H19N3O2/c1-10-9-11(18-2)6-7-12(10)13(15-16-14)5-3-4-8-17/h6-7,9,13,17H,3-5,8H2,1-2H3. The first-order valence-electron chi connectivity index (χ1n) is 6.02. The Morgan fingerprint density at radius 1 is 1.44 bits per heavy atom. The molecule has 5 heteroatoms. The van der Waals surface area contributed by atoms with Crippen LogP contribution in [0.2, 0.25) is 0 Å². The second-order valence-electron chi connectivity index (χ2n) is 4.16. The second-order valence-corrected chi connectivity index (χ2v) is 4.16. The van der Waals surface area contributed by atoms with Crippen molar-refractivity contribution in [1.29, 1.82) is 0 Å². The number of azide groups is 1. The van der Waals surface area contributed by atoms with Crippen molar-refractivity contribution < 1.29 is 9.84 Å². The highest BCUT2D eigenvalue weighted by atomic mass is 16.5. The molecule has 1 unspecified atom stereocenters. The molecule has 0 aliphatic heterocycles. The molecule has 0 radical (unpaired) electrons. The number of hydrogen-bond acceptors (Lipinski definition) is 3. The number of rotatable bonds is 7. The first-order valence-corrected chi connectivity index (χ1v) is 6.02. The number of hydrogen-bond donors (Lipinski definition) is 1. The third kappa shape index (κ3) is 3.95. The van der Waals surface area contributed by atoms with Crippen molar-refractivity contribution in [3.05, 3.63) is 39.8 Å². The van der Waals surface area contributed by atoms with Crippen LogP contribution in [0.15, 0.2) is 23.3 Å². The SMILES string of the molecule is COc1ccc(C(CCCCO)N=[N+]=[N-])c(C)c1. The Morgan fingerprint density at radius 3 is 2.78 bits per heavy atom. The lowest BCUT2D eigenvalue weighted by molar-refractivity contribution is 0.281. The molecule has 0 spiro atoms. The number of aliphatic hydroxyl groups excluding tert-OH is 1. The van der Waals surface area contributed by atoms with E-state index >= 15 is 0 Å². The first kappa shape index (κ1) is 14.4. The predicted molar refractivity (Wildman–Crippen MR) is 70.6 cm³/mol. The van der Waals surface area contributed by atoms with Gasteiger partial charge >= 0.3 is 0 Å². The van der Waals surface area contributed by atoms with Crippen LogP contribution in [-0.2, 0) is 0 Å². The highest BCUT2D eigenvalue weighted by molar-refractivity contribution is 5.36. The first-order chi connectivity index (χ1) is 8.72. The average Bonchev–Trinajstić information content (AvgIpc) is 2.38. The van der Waals surface area contributed by atoms with Crippen molar-refractivity contribution in [2.45, 2.75) is 32.2 Å². The molecular weight excluding hydrogens is 230 g/mol. The summed E-state index contributed by atoms with van der Waals surface area (Å²) in [4.78, 5) is 2.91. The van der Waals surface area contributed by atoms with Gasteiger partial charge < -0.3 is 9.84 Å². The zero-order chi connectivity index (χ0) is 13.4. The minimum absolute atomic E-state index is 0.171. The molecule has 0 aliphatic rings. The van der Waals surface area contributed by atoms with Crippen LogP contribution >= 0.6 is 0 Å². The van der Waals surface area contributed by atoms with Crippen LogP contribution in [0.5, 0.6) is 5.75 Å². The monoisotopic (exact) mass is 249 g/mol. The van der Waals surface area contributed by atoms with Crippen molar-refractivity contribution in [3.8, 4) is 5.75 Å². The molecule has 98 valence electrons. The Bertz CT molecular complexity index is 428. The lowest BCUT2D eigenvalue weighted by Crippen LogP contribution is -1.99. The number of aryl methyl sites for hydroxylation is 1. The minimum atomic E-state index is -0.174. The predicted octanol–water partition coefficient (Wildman–Crippen LogP) is 3.52. The molecule has 1 aromatic rings. The molecule has 0 saturated carbocycles. The van der Waals surface area contributed by atoms with Gasteiger partial charge in [-0.2, -0.15) is 0 Å². The highest BCUT2D eigenvalue weighted by Crippen LogP contribution is 2.29. The normalized spacial score (nSPS) is 11.7. The lowest BCUT2D eigenvalue weighted by Gasteiger charge is -2.15. The van der Waals surface area contributed by atoms with Crippen LogP contribution in [0.3, 0.4) is 0 Å². The fourth-order valence-corrected chi connectivity index (χ4v) is 1.94. The zero-order valence-corrected chi connectivity index (χ0v) is 10.8. The van der Waals surface area contributed by atoms with Gasteiger partial charge in [0.1, 0.15) is 5.75 Å². The van der Waals surface area contributed by atoms with Gasteiger partial charge in [0.05, 0.1) is 13.2 Å². The van der Waals surface area contributed by atoms with E-state index in [9.17, 15) is 0 Å². The van der Waals surface area contributed by atoms with Crippen molar-refractivity contribution in [2.24, 2.45) is 5.11 Å². The molecule has 0 saturated heterocycles. The van der Waals surface area contributed by atoms with Crippen molar-refractivity contribution in [3.63, 3.8) is 0 Å². The van der Waals surface area contributed by atoms with Crippen LogP contribution in [0.1, 0.15) is 36.4 Å². The second kappa shape index (κ2) is 7.58. The average molecular weight is 249 g/mol. The van der Waals surface area contributed by atoms with E-state index < -0.39 is 0 Å². The summed E-state index contributed by atoms with van der Waals surface area (Å²) < 4.78 is 5.15. The number of unbranched alkanes of at least 4 members (excludes halogenated alkanes) is 1. The number of ether oxygens (including phenoxy) is 1. The summed E-state index contributed by atoms with van der Waals surface area (Å²) in [6.07, 6.45) is 2.32. The number of aliphatic hydroxyl groups is 1. The summed E-state index contributed by atoms with van der Waals surface area (Å²) in [5.74, 6) is 0.797. The maximum absolute atomic E-state index is 8.78. The Kier molecular flexibility index (Phi) is 6.05. The van der Waals surface area contributed by atoms with Gasteiger partial charge in [-0.05, 0) is 48.6 Å². The molecule has 18 heavy (non-hydrogen) atoms. The summed E-state index contributed by atoms with van der Waals surface area (Å²) in [5.41, 5.74) is 10.7. The van der Waals surface area contributed by atoms with Gasteiger partial charge in [0.25, 0.3) is 0 Å². The molecule has 0 amide bonds. The maximum atomic E-state index is 8.78. The molecule has 1 N–H and O–H groups in total. The van der Waals surface area contributed by atoms with Gasteiger partial charge in [0, 0.05) is 11.5 Å². The molecule has 1 rings (SSSR count). The van der Waals surface area contributed by atoms with E-state index in [0.717, 1.165) is 36.1 Å². The summed E-state index contributed by atoms with van der Waals surface area (Å²) in [6.45, 7) is 2.15. The van der Waals surface area contributed by atoms with E-state index in [4.69, 9.17) is 15.4 Å². The molecular formula is C13H19N3O2. The molecule has 0 fully saturated rings. The molecule has 0 aromatic heterocycles. The Hall–Kier alpha value is -1.71. The van der Waals surface area contributed by atoms with Crippen LogP contribution in [0, 0.1) is 6.92 Å². The lowest BCUT2D eigenvalue weighted by atomic mass is 9.97. The molecule has 0 bridgehead atoms. The topological polar surface area (TPSA) is 78.2 Å². The van der Waals surface area contributed by atoms with Crippen molar-refractivity contribution >= 4 is 0 Å². The summed E-state index contributed by atoms with van der Waals surface area (Å²) in [6, 6.07) is 5.56. The Morgan fingerprint density at radius 2 is 2.22 bits per heavy atom. The highest BCUT2D eigenvalue weighted by Gasteiger charge is 2.12. The third-order valence-corrected chi connectivity index (χ3v) is 2.91. The molecule has 0 heterocycles. The van der Waals surface area contributed by atoms with Crippen LogP contribution in [-0.4, -0.2) is 18.8 Å². The van der Waals surface area contributed by atoms with Crippen LogP contribution in [0.4, 0.5) is 0 Å². The molecule has 5 nitrogen and oxygen atoms in total. The van der Waals surface area contributed by atoms with Crippen molar-refractivity contribution in [2.75, 3.05) is 13.7 Å². The van der Waals surface area contributed by atoms with E-state index in [1.807, 2.05) is 25.1 Å². The maximum Gasteiger partial charge on any atom is 0.119 e. The number of nitrogens with zero attached hydrogens (tertiary/aromatic N) is 3. The van der Waals surface area contributed by atoms with Gasteiger partial charge in [-0.3, -0.25) is 0 Å². The van der Waals surface area contributed by atoms with E-state index in [2.05, 4.69) is 10.0 Å². The summed E-state index contributed by atoms with van der Waals surface area (Å²) in [7, 11) is 1.63.